The molecule has 0 fully saturated rings. The topological polar surface area (TPSA) is 50.4 Å². The molecule has 0 radical (unpaired) electrons. The molecule has 0 saturated carbocycles. The summed E-state index contributed by atoms with van der Waals surface area (Å²) in [5.41, 5.74) is 0. The average molecular weight is 328 g/mol. The van der Waals surface area contributed by atoms with Crippen LogP contribution in [0.4, 0.5) is 0 Å². The van der Waals surface area contributed by atoms with E-state index in [1.807, 2.05) is 14.0 Å². The summed E-state index contributed by atoms with van der Waals surface area (Å²) in [5.74, 6) is 0.251. The molecule has 0 aliphatic heterocycles. The van der Waals surface area contributed by atoms with Crippen molar-refractivity contribution < 1.29 is 9.53 Å². The summed E-state index contributed by atoms with van der Waals surface area (Å²) in [6, 6.07) is 5.07. The molecule has 0 aromatic heterocycles. The quantitative estimate of drug-likeness (QED) is 0.844. The summed E-state index contributed by atoms with van der Waals surface area (Å²) in [6.07, 6.45) is 0. The van der Waals surface area contributed by atoms with E-state index in [4.69, 9.17) is 27.9 Å². The maximum Gasteiger partial charge on any atom is 0.257 e. The van der Waals surface area contributed by atoms with E-state index in [0.29, 0.717) is 22.3 Å². The van der Waals surface area contributed by atoms with Crippen LogP contribution in [0.15, 0.2) is 18.2 Å². The molecule has 19 heavy (non-hydrogen) atoms. The Kier molecular flexibility index (Phi) is 8.93. The molecule has 0 saturated heterocycles. The zero-order valence-electron chi connectivity index (χ0n) is 10.7. The van der Waals surface area contributed by atoms with Crippen molar-refractivity contribution in [1.29, 1.82) is 0 Å². The predicted molar refractivity (Wildman–Crippen MR) is 80.7 cm³/mol. The number of hydrogen-bond donors (Lipinski definition) is 2. The van der Waals surface area contributed by atoms with Crippen LogP contribution in [0, 0.1) is 0 Å². The fraction of sp³-hybridized carbons (Fsp3) is 0.417. The van der Waals surface area contributed by atoms with Crippen molar-refractivity contribution in [2.24, 2.45) is 0 Å². The van der Waals surface area contributed by atoms with Crippen LogP contribution in [0.2, 0.25) is 10.0 Å². The molecule has 1 amide bonds. The van der Waals surface area contributed by atoms with Gasteiger partial charge in [0.1, 0.15) is 5.75 Å². The van der Waals surface area contributed by atoms with Gasteiger partial charge in [0.05, 0.1) is 5.02 Å². The molecule has 0 aliphatic rings. The van der Waals surface area contributed by atoms with Crippen LogP contribution >= 0.6 is 35.6 Å². The number of ether oxygens (including phenoxy) is 1. The molecule has 1 unspecified atom stereocenters. The first-order chi connectivity index (χ1) is 8.52. The van der Waals surface area contributed by atoms with Gasteiger partial charge in [0.15, 0.2) is 6.61 Å². The van der Waals surface area contributed by atoms with E-state index in [1.54, 1.807) is 18.2 Å². The third-order valence-corrected chi connectivity index (χ3v) is 2.88. The Morgan fingerprint density at radius 1 is 1.42 bits per heavy atom. The predicted octanol–water partition coefficient (Wildman–Crippen LogP) is 2.52. The van der Waals surface area contributed by atoms with Crippen LogP contribution in [0.3, 0.4) is 0 Å². The lowest BCUT2D eigenvalue weighted by Crippen LogP contribution is -2.39. The molecule has 0 spiro atoms. The lowest BCUT2D eigenvalue weighted by Gasteiger charge is -2.12. The van der Waals surface area contributed by atoms with E-state index in [9.17, 15) is 4.79 Å². The fourth-order valence-corrected chi connectivity index (χ4v) is 1.62. The number of rotatable bonds is 6. The van der Waals surface area contributed by atoms with Crippen LogP contribution in [0.1, 0.15) is 6.92 Å². The first-order valence-electron chi connectivity index (χ1n) is 5.54. The lowest BCUT2D eigenvalue weighted by atomic mass is 10.3. The van der Waals surface area contributed by atoms with Gasteiger partial charge in [-0.1, -0.05) is 23.2 Å². The maximum absolute atomic E-state index is 11.5. The minimum absolute atomic E-state index is 0. The van der Waals surface area contributed by atoms with Crippen molar-refractivity contribution in [2.75, 3.05) is 20.2 Å². The van der Waals surface area contributed by atoms with E-state index in [0.717, 1.165) is 0 Å². The standard InChI is InChI=1S/C12H16Cl2N2O2.ClH/c1-8(15-2)6-16-12(17)7-18-11-4-3-9(13)5-10(11)14;/h3-5,8,15H,6-7H2,1-2H3,(H,16,17);1H. The van der Waals surface area contributed by atoms with Gasteiger partial charge in [-0.25, -0.2) is 0 Å². The van der Waals surface area contributed by atoms with Gasteiger partial charge in [-0.15, -0.1) is 12.4 Å². The second-order valence-corrected chi connectivity index (χ2v) is 4.70. The Labute approximate surface area is 129 Å². The number of hydrogen-bond acceptors (Lipinski definition) is 3. The molecule has 1 rings (SSSR count). The summed E-state index contributed by atoms with van der Waals surface area (Å²) >= 11 is 11.7. The fourth-order valence-electron chi connectivity index (χ4n) is 1.16. The molecule has 1 aromatic rings. The minimum Gasteiger partial charge on any atom is -0.482 e. The monoisotopic (exact) mass is 326 g/mol. The van der Waals surface area contributed by atoms with Gasteiger partial charge in [0.25, 0.3) is 5.91 Å². The summed E-state index contributed by atoms with van der Waals surface area (Å²) in [6.45, 7) is 2.45. The van der Waals surface area contributed by atoms with Crippen molar-refractivity contribution in [2.45, 2.75) is 13.0 Å². The molecule has 2 N–H and O–H groups in total. The number of carbonyl (C=O) groups is 1. The summed E-state index contributed by atoms with van der Waals surface area (Å²) in [4.78, 5) is 11.5. The maximum atomic E-state index is 11.5. The molecule has 1 atom stereocenters. The van der Waals surface area contributed by atoms with Gasteiger partial charge in [0, 0.05) is 17.6 Å². The van der Waals surface area contributed by atoms with Gasteiger partial charge < -0.3 is 15.4 Å². The smallest absolute Gasteiger partial charge is 0.257 e. The number of carbonyl (C=O) groups excluding carboxylic acids is 1. The number of nitrogens with one attached hydrogen (secondary N) is 2. The lowest BCUT2D eigenvalue weighted by molar-refractivity contribution is -0.123. The van der Waals surface area contributed by atoms with E-state index in [-0.39, 0.29) is 31.0 Å². The highest BCUT2D eigenvalue weighted by atomic mass is 35.5. The van der Waals surface area contributed by atoms with E-state index >= 15 is 0 Å². The van der Waals surface area contributed by atoms with Crippen LogP contribution in [-0.2, 0) is 4.79 Å². The van der Waals surface area contributed by atoms with Crippen LogP contribution in [-0.4, -0.2) is 32.1 Å². The minimum atomic E-state index is -0.192. The molecule has 0 bridgehead atoms. The van der Waals surface area contributed by atoms with E-state index in [2.05, 4.69) is 10.6 Å². The number of likely N-dealkylation sites (N-methyl/N-ethyl adjacent to an activating group) is 1. The van der Waals surface area contributed by atoms with Crippen LogP contribution in [0.5, 0.6) is 5.75 Å². The third-order valence-electron chi connectivity index (χ3n) is 2.35. The SMILES string of the molecule is CNC(C)CNC(=O)COc1ccc(Cl)cc1Cl.Cl. The molecule has 0 heterocycles. The summed E-state index contributed by atoms with van der Waals surface area (Å²) in [7, 11) is 1.83. The molecule has 1 aromatic carbocycles. The van der Waals surface area contributed by atoms with E-state index < -0.39 is 0 Å². The average Bonchev–Trinajstić information content (AvgIpc) is 2.34. The van der Waals surface area contributed by atoms with Gasteiger partial charge >= 0.3 is 0 Å². The van der Waals surface area contributed by atoms with Crippen LogP contribution < -0.4 is 15.4 Å². The summed E-state index contributed by atoms with van der Waals surface area (Å²) < 4.78 is 5.30. The van der Waals surface area contributed by atoms with Gasteiger partial charge in [-0.2, -0.15) is 0 Å². The van der Waals surface area contributed by atoms with Crippen molar-refractivity contribution in [3.05, 3.63) is 28.2 Å². The molecule has 7 heteroatoms. The second-order valence-electron chi connectivity index (χ2n) is 3.86. The number of amides is 1. The first kappa shape index (κ1) is 18.3. The largest absolute Gasteiger partial charge is 0.482 e. The zero-order valence-corrected chi connectivity index (χ0v) is 13.0. The molecular formula is C12H17Cl3N2O2. The Balaban J connectivity index is 0.00000324. The third kappa shape index (κ3) is 6.87. The van der Waals surface area contributed by atoms with Gasteiger partial charge in [0.2, 0.25) is 0 Å². The van der Waals surface area contributed by atoms with Crippen molar-refractivity contribution in [3.8, 4) is 5.75 Å². The van der Waals surface area contributed by atoms with Gasteiger partial charge in [-0.3, -0.25) is 4.79 Å². The Morgan fingerprint density at radius 3 is 2.68 bits per heavy atom. The second kappa shape index (κ2) is 9.26. The normalized spacial score (nSPS) is 11.4. The van der Waals surface area contributed by atoms with E-state index in [1.165, 1.54) is 0 Å². The highest BCUT2D eigenvalue weighted by Gasteiger charge is 2.07. The molecular weight excluding hydrogens is 311 g/mol. The highest BCUT2D eigenvalue weighted by molar-refractivity contribution is 6.35. The number of halogens is 3. The van der Waals surface area contributed by atoms with Crippen LogP contribution in [0.25, 0.3) is 0 Å². The Bertz CT molecular complexity index is 416. The van der Waals surface area contributed by atoms with Crippen molar-refractivity contribution in [3.63, 3.8) is 0 Å². The van der Waals surface area contributed by atoms with Crippen molar-refractivity contribution in [1.82, 2.24) is 10.6 Å². The Hall–Kier alpha value is -0.680. The zero-order chi connectivity index (χ0) is 13.5. The molecule has 4 nitrogen and oxygen atoms in total. The molecule has 108 valence electrons. The molecule has 0 aliphatic carbocycles. The van der Waals surface area contributed by atoms with Crippen molar-refractivity contribution >= 4 is 41.5 Å². The number of benzene rings is 1. The van der Waals surface area contributed by atoms with Gasteiger partial charge in [-0.05, 0) is 32.2 Å². The first-order valence-corrected chi connectivity index (χ1v) is 6.30. The Morgan fingerprint density at radius 2 is 2.11 bits per heavy atom. The highest BCUT2D eigenvalue weighted by Crippen LogP contribution is 2.27. The summed E-state index contributed by atoms with van der Waals surface area (Å²) in [5, 5.41) is 6.67.